The van der Waals surface area contributed by atoms with Crippen molar-refractivity contribution in [2.75, 3.05) is 6.61 Å². The van der Waals surface area contributed by atoms with E-state index >= 15 is 0 Å². The number of benzene rings is 1. The summed E-state index contributed by atoms with van der Waals surface area (Å²) in [6.45, 7) is -0.0647. The number of rotatable bonds is 2. The average Bonchev–Trinajstić information content (AvgIpc) is 2.94. The fourth-order valence-electron chi connectivity index (χ4n) is 2.56. The average molecular weight is 235 g/mol. The van der Waals surface area contributed by atoms with E-state index in [2.05, 4.69) is 0 Å². The molecule has 1 atom stereocenters. The van der Waals surface area contributed by atoms with Crippen molar-refractivity contribution < 1.29 is 14.6 Å². The molecule has 1 unspecified atom stereocenters. The van der Waals surface area contributed by atoms with Crippen LogP contribution in [0, 0.1) is 0 Å². The van der Waals surface area contributed by atoms with Crippen LogP contribution >= 0.6 is 0 Å². The Morgan fingerprint density at radius 1 is 1.24 bits per heavy atom. The van der Waals surface area contributed by atoms with Gasteiger partial charge in [0.1, 0.15) is 0 Å². The smallest absolute Gasteiger partial charge is 0.251 e. The Bertz CT molecular complexity index is 427. The van der Waals surface area contributed by atoms with Gasteiger partial charge in [-0.25, -0.2) is 0 Å². The van der Waals surface area contributed by atoms with Crippen LogP contribution in [-0.2, 0) is 0 Å². The molecule has 4 heteroatoms. The third kappa shape index (κ3) is 1.77. The van der Waals surface area contributed by atoms with E-state index in [1.165, 1.54) is 0 Å². The van der Waals surface area contributed by atoms with Crippen molar-refractivity contribution in [3.8, 4) is 11.5 Å². The number of hydrogen-bond donors (Lipinski definition) is 2. The first-order valence-electron chi connectivity index (χ1n) is 6.11. The van der Waals surface area contributed by atoms with Crippen LogP contribution < -0.4 is 15.2 Å². The minimum absolute atomic E-state index is 0.0647. The van der Waals surface area contributed by atoms with Gasteiger partial charge in [0.2, 0.25) is 0 Å². The largest absolute Gasteiger partial charge is 0.448 e. The fourth-order valence-corrected chi connectivity index (χ4v) is 2.56. The lowest BCUT2D eigenvalue weighted by Gasteiger charge is -2.21. The number of hydrogen-bond acceptors (Lipinski definition) is 4. The van der Waals surface area contributed by atoms with Crippen molar-refractivity contribution in [3.63, 3.8) is 0 Å². The summed E-state index contributed by atoms with van der Waals surface area (Å²) >= 11 is 0. The van der Waals surface area contributed by atoms with Crippen LogP contribution in [-0.4, -0.2) is 17.5 Å². The maximum atomic E-state index is 9.04. The first-order chi connectivity index (χ1) is 8.22. The number of aliphatic hydroxyl groups excluding tert-OH is 1. The van der Waals surface area contributed by atoms with E-state index in [9.17, 15) is 0 Å². The molecule has 4 nitrogen and oxygen atoms in total. The molecule has 3 rings (SSSR count). The summed E-state index contributed by atoms with van der Waals surface area (Å²) in [5.74, 6) is 1.12. The topological polar surface area (TPSA) is 64.7 Å². The molecule has 1 heterocycles. The summed E-state index contributed by atoms with van der Waals surface area (Å²) in [6, 6.07) is 5.29. The van der Waals surface area contributed by atoms with Gasteiger partial charge in [-0.05, 0) is 30.5 Å². The van der Waals surface area contributed by atoms with Crippen LogP contribution in [0.1, 0.15) is 37.3 Å². The van der Waals surface area contributed by atoms with E-state index in [0.717, 1.165) is 42.7 Å². The van der Waals surface area contributed by atoms with Gasteiger partial charge in [0, 0.05) is 12.8 Å². The van der Waals surface area contributed by atoms with Crippen LogP contribution in [0.4, 0.5) is 0 Å². The Hall–Kier alpha value is -1.26. The molecule has 92 valence electrons. The standard InChI is InChI=1S/C13H17NO3/c14-10(8-15)9-3-4-11-12(7-9)17-13(16-11)5-1-2-6-13/h3-4,7,10,15H,1-2,5-6,8,14H2. The van der Waals surface area contributed by atoms with E-state index in [-0.39, 0.29) is 12.6 Å². The monoisotopic (exact) mass is 235 g/mol. The molecule has 3 N–H and O–H groups in total. The Kier molecular flexibility index (Phi) is 2.49. The second-order valence-corrected chi connectivity index (χ2v) is 4.82. The predicted molar refractivity (Wildman–Crippen MR) is 62.9 cm³/mol. The minimum atomic E-state index is -0.426. The number of fused-ring (bicyclic) bond motifs is 1. The van der Waals surface area contributed by atoms with Gasteiger partial charge in [-0.3, -0.25) is 0 Å². The lowest BCUT2D eigenvalue weighted by molar-refractivity contribution is -0.0716. The Morgan fingerprint density at radius 3 is 2.65 bits per heavy atom. The van der Waals surface area contributed by atoms with E-state index < -0.39 is 5.79 Å². The fraction of sp³-hybridized carbons (Fsp3) is 0.538. The molecule has 0 bridgehead atoms. The zero-order valence-corrected chi connectivity index (χ0v) is 9.69. The molecule has 1 fully saturated rings. The van der Waals surface area contributed by atoms with Crippen molar-refractivity contribution >= 4 is 0 Å². The highest BCUT2D eigenvalue weighted by atomic mass is 16.7. The second kappa shape index (κ2) is 3.89. The molecule has 1 aromatic carbocycles. The third-order valence-corrected chi connectivity index (χ3v) is 3.55. The van der Waals surface area contributed by atoms with Gasteiger partial charge in [0.15, 0.2) is 11.5 Å². The SMILES string of the molecule is NC(CO)c1ccc2c(c1)OC1(CCCC1)O2. The van der Waals surface area contributed by atoms with Crippen molar-refractivity contribution in [1.29, 1.82) is 0 Å². The summed E-state index contributed by atoms with van der Waals surface area (Å²) in [7, 11) is 0. The summed E-state index contributed by atoms with van der Waals surface area (Å²) in [6.07, 6.45) is 4.19. The number of ether oxygens (including phenoxy) is 2. The lowest BCUT2D eigenvalue weighted by atomic mass is 10.1. The first-order valence-corrected chi connectivity index (χ1v) is 6.11. The zero-order chi connectivity index (χ0) is 11.9. The molecule has 1 saturated carbocycles. The lowest BCUT2D eigenvalue weighted by Crippen LogP contribution is -2.34. The molecule has 1 aliphatic heterocycles. The van der Waals surface area contributed by atoms with Gasteiger partial charge in [-0.2, -0.15) is 0 Å². The summed E-state index contributed by atoms with van der Waals surface area (Å²) in [5.41, 5.74) is 6.67. The van der Waals surface area contributed by atoms with Crippen LogP contribution in [0.3, 0.4) is 0 Å². The Morgan fingerprint density at radius 2 is 1.94 bits per heavy atom. The summed E-state index contributed by atoms with van der Waals surface area (Å²) in [5, 5.41) is 9.04. The predicted octanol–water partition coefficient (Wildman–Crippen LogP) is 1.72. The van der Waals surface area contributed by atoms with Crippen molar-refractivity contribution in [2.45, 2.75) is 37.5 Å². The van der Waals surface area contributed by atoms with Gasteiger partial charge in [0.25, 0.3) is 5.79 Å². The first kappa shape index (κ1) is 10.9. The highest BCUT2D eigenvalue weighted by molar-refractivity contribution is 5.46. The van der Waals surface area contributed by atoms with Gasteiger partial charge in [0.05, 0.1) is 12.6 Å². The normalized spacial score (nSPS) is 22.0. The maximum Gasteiger partial charge on any atom is 0.251 e. The van der Waals surface area contributed by atoms with E-state index in [1.54, 1.807) is 0 Å². The quantitative estimate of drug-likeness (QED) is 0.819. The van der Waals surface area contributed by atoms with Crippen molar-refractivity contribution in [2.24, 2.45) is 5.73 Å². The van der Waals surface area contributed by atoms with Crippen LogP contribution in [0.5, 0.6) is 11.5 Å². The van der Waals surface area contributed by atoms with E-state index in [4.69, 9.17) is 20.3 Å². The van der Waals surface area contributed by atoms with Crippen molar-refractivity contribution in [1.82, 2.24) is 0 Å². The molecular weight excluding hydrogens is 218 g/mol. The minimum Gasteiger partial charge on any atom is -0.448 e. The Balaban J connectivity index is 1.87. The number of nitrogens with two attached hydrogens (primary N) is 1. The molecule has 0 amide bonds. The third-order valence-electron chi connectivity index (χ3n) is 3.55. The molecule has 17 heavy (non-hydrogen) atoms. The van der Waals surface area contributed by atoms with Crippen molar-refractivity contribution in [3.05, 3.63) is 23.8 Å². The maximum absolute atomic E-state index is 9.04. The van der Waals surface area contributed by atoms with Crippen LogP contribution in [0.15, 0.2) is 18.2 Å². The molecule has 1 aliphatic carbocycles. The molecule has 1 spiro atoms. The molecule has 0 radical (unpaired) electrons. The van der Waals surface area contributed by atoms with E-state index in [0.29, 0.717) is 0 Å². The highest BCUT2D eigenvalue weighted by Gasteiger charge is 2.44. The zero-order valence-electron chi connectivity index (χ0n) is 9.69. The molecule has 0 aromatic heterocycles. The van der Waals surface area contributed by atoms with Gasteiger partial charge >= 0.3 is 0 Å². The van der Waals surface area contributed by atoms with Crippen LogP contribution in [0.2, 0.25) is 0 Å². The van der Waals surface area contributed by atoms with Gasteiger partial charge in [-0.15, -0.1) is 0 Å². The van der Waals surface area contributed by atoms with Gasteiger partial charge < -0.3 is 20.3 Å². The summed E-state index contributed by atoms with van der Waals surface area (Å²) in [4.78, 5) is 0. The Labute approximate surface area is 100 Å². The molecule has 0 saturated heterocycles. The molecule has 1 aromatic rings. The van der Waals surface area contributed by atoms with E-state index in [1.807, 2.05) is 18.2 Å². The number of aliphatic hydroxyl groups is 1. The summed E-state index contributed by atoms with van der Waals surface area (Å²) < 4.78 is 11.8. The van der Waals surface area contributed by atoms with Crippen LogP contribution in [0.25, 0.3) is 0 Å². The highest BCUT2D eigenvalue weighted by Crippen LogP contribution is 2.46. The molecular formula is C13H17NO3. The van der Waals surface area contributed by atoms with Gasteiger partial charge in [-0.1, -0.05) is 6.07 Å². The molecule has 2 aliphatic rings. The second-order valence-electron chi connectivity index (χ2n) is 4.82.